The van der Waals surface area contributed by atoms with Crippen LogP contribution in [0.5, 0.6) is 0 Å². The van der Waals surface area contributed by atoms with Crippen LogP contribution < -0.4 is 0 Å². The third-order valence-electron chi connectivity index (χ3n) is 2.67. The minimum Gasteiger partial charge on any atom is -0.300 e. The zero-order chi connectivity index (χ0) is 13.7. The summed E-state index contributed by atoms with van der Waals surface area (Å²) in [4.78, 5) is 23.3. The van der Waals surface area contributed by atoms with E-state index in [9.17, 15) is 9.59 Å². The van der Waals surface area contributed by atoms with E-state index < -0.39 is 0 Å². The van der Waals surface area contributed by atoms with E-state index in [1.807, 2.05) is 20.8 Å². The summed E-state index contributed by atoms with van der Waals surface area (Å²) >= 11 is 0. The fourth-order valence-corrected chi connectivity index (χ4v) is 1.66. The van der Waals surface area contributed by atoms with Crippen LogP contribution in [0.3, 0.4) is 0 Å². The molecule has 0 saturated carbocycles. The molecule has 0 aliphatic heterocycles. The van der Waals surface area contributed by atoms with Gasteiger partial charge in [0.15, 0.2) is 0 Å². The second kappa shape index (κ2) is 6.32. The molecule has 0 aromatic carbocycles. The average molecular weight is 240 g/mol. The fraction of sp³-hybridized carbons (Fsp3) is 0.867. The number of Topliss-reactive ketones (excluding diaryl/α,β-unsaturated/α-hetero) is 2. The van der Waals surface area contributed by atoms with Crippen LogP contribution in [-0.2, 0) is 9.59 Å². The van der Waals surface area contributed by atoms with Crippen LogP contribution in [0.4, 0.5) is 0 Å². The Balaban J connectivity index is 3.73. The Morgan fingerprint density at radius 2 is 1.29 bits per heavy atom. The first-order valence-corrected chi connectivity index (χ1v) is 6.57. The van der Waals surface area contributed by atoms with Crippen molar-refractivity contribution in [2.45, 2.75) is 73.6 Å². The molecule has 0 unspecified atom stereocenters. The van der Waals surface area contributed by atoms with Gasteiger partial charge in [-0.2, -0.15) is 0 Å². The van der Waals surface area contributed by atoms with E-state index >= 15 is 0 Å². The highest BCUT2D eigenvalue weighted by Crippen LogP contribution is 2.21. The summed E-state index contributed by atoms with van der Waals surface area (Å²) < 4.78 is 0. The first-order chi connectivity index (χ1) is 7.52. The van der Waals surface area contributed by atoms with Crippen LogP contribution in [0.1, 0.15) is 73.6 Å². The summed E-state index contributed by atoms with van der Waals surface area (Å²) in [5.74, 6) is 0.612. The highest BCUT2D eigenvalue weighted by atomic mass is 16.1. The van der Waals surface area contributed by atoms with Crippen molar-refractivity contribution in [2.75, 3.05) is 0 Å². The molecule has 17 heavy (non-hydrogen) atoms. The van der Waals surface area contributed by atoms with Crippen molar-refractivity contribution in [3.05, 3.63) is 0 Å². The van der Waals surface area contributed by atoms with Gasteiger partial charge in [-0.05, 0) is 18.3 Å². The quantitative estimate of drug-likeness (QED) is 0.653. The highest BCUT2D eigenvalue weighted by molar-refractivity contribution is 5.83. The monoisotopic (exact) mass is 240 g/mol. The SMILES string of the molecule is CC(C)(C)CC(=O)CCCCC(=O)C(C)(C)C. The number of hydrogen-bond acceptors (Lipinski definition) is 2. The fourth-order valence-electron chi connectivity index (χ4n) is 1.66. The van der Waals surface area contributed by atoms with Crippen molar-refractivity contribution in [1.29, 1.82) is 0 Å². The van der Waals surface area contributed by atoms with Crippen molar-refractivity contribution >= 4 is 11.6 Å². The zero-order valence-electron chi connectivity index (χ0n) is 12.4. The molecule has 2 heteroatoms. The molecule has 0 aromatic heterocycles. The summed E-state index contributed by atoms with van der Waals surface area (Å²) in [7, 11) is 0. The first-order valence-electron chi connectivity index (χ1n) is 6.57. The smallest absolute Gasteiger partial charge is 0.138 e. The molecule has 0 fully saturated rings. The minimum absolute atomic E-state index is 0.0817. The number of hydrogen-bond donors (Lipinski definition) is 0. The Morgan fingerprint density at radius 1 is 0.824 bits per heavy atom. The van der Waals surface area contributed by atoms with Crippen LogP contribution in [0.25, 0.3) is 0 Å². The third kappa shape index (κ3) is 9.08. The van der Waals surface area contributed by atoms with E-state index in [4.69, 9.17) is 0 Å². The molecular formula is C15H28O2. The van der Waals surface area contributed by atoms with Gasteiger partial charge in [0.25, 0.3) is 0 Å². The summed E-state index contributed by atoms with van der Waals surface area (Å²) in [6, 6.07) is 0. The Bertz CT molecular complexity index is 264. The highest BCUT2D eigenvalue weighted by Gasteiger charge is 2.20. The van der Waals surface area contributed by atoms with Crippen molar-refractivity contribution in [3.8, 4) is 0 Å². The standard InChI is InChI=1S/C15H28O2/c1-14(2,3)11-12(16)9-7-8-10-13(17)15(4,5)6/h7-11H2,1-6H3. The molecule has 0 amide bonds. The Morgan fingerprint density at radius 3 is 1.71 bits per heavy atom. The Kier molecular flexibility index (Phi) is 6.08. The maximum absolute atomic E-state index is 11.7. The van der Waals surface area contributed by atoms with Crippen molar-refractivity contribution < 1.29 is 9.59 Å². The number of ketones is 2. The van der Waals surface area contributed by atoms with Gasteiger partial charge in [0.1, 0.15) is 11.6 Å². The molecule has 0 bridgehead atoms. The Hall–Kier alpha value is -0.660. The van der Waals surface area contributed by atoms with Crippen molar-refractivity contribution in [3.63, 3.8) is 0 Å². The maximum Gasteiger partial charge on any atom is 0.138 e. The van der Waals surface area contributed by atoms with Gasteiger partial charge in [-0.3, -0.25) is 9.59 Å². The van der Waals surface area contributed by atoms with Crippen LogP contribution >= 0.6 is 0 Å². The number of carbonyl (C=O) groups excluding carboxylic acids is 2. The summed E-state index contributed by atoms with van der Waals surface area (Å²) in [6.45, 7) is 12.1. The predicted octanol–water partition coefficient (Wildman–Crippen LogP) is 4.17. The Labute approximate surface area is 106 Å². The minimum atomic E-state index is -0.241. The van der Waals surface area contributed by atoms with Crippen molar-refractivity contribution in [2.24, 2.45) is 10.8 Å². The molecule has 0 atom stereocenters. The van der Waals surface area contributed by atoms with Gasteiger partial charge in [0, 0.05) is 24.7 Å². The molecular weight excluding hydrogens is 212 g/mol. The average Bonchev–Trinajstić information content (AvgIpc) is 2.07. The van der Waals surface area contributed by atoms with Crippen LogP contribution in [-0.4, -0.2) is 11.6 Å². The lowest BCUT2D eigenvalue weighted by atomic mass is 9.86. The molecule has 0 aromatic rings. The lowest BCUT2D eigenvalue weighted by molar-refractivity contribution is -0.126. The lowest BCUT2D eigenvalue weighted by Crippen LogP contribution is -2.19. The summed E-state index contributed by atoms with van der Waals surface area (Å²) in [6.07, 6.45) is 3.55. The summed E-state index contributed by atoms with van der Waals surface area (Å²) in [5, 5.41) is 0. The topological polar surface area (TPSA) is 34.1 Å². The van der Waals surface area contributed by atoms with Gasteiger partial charge in [-0.15, -0.1) is 0 Å². The van der Waals surface area contributed by atoms with E-state index in [0.717, 1.165) is 12.8 Å². The predicted molar refractivity (Wildman–Crippen MR) is 72.0 cm³/mol. The molecule has 0 saturated heterocycles. The van der Waals surface area contributed by atoms with Gasteiger partial charge < -0.3 is 0 Å². The van der Waals surface area contributed by atoms with Crippen LogP contribution in [0.2, 0.25) is 0 Å². The number of rotatable bonds is 6. The van der Waals surface area contributed by atoms with Gasteiger partial charge in [0.05, 0.1) is 0 Å². The lowest BCUT2D eigenvalue weighted by Gasteiger charge is -2.17. The molecule has 0 heterocycles. The molecule has 0 spiro atoms. The van der Waals surface area contributed by atoms with E-state index in [1.54, 1.807) is 0 Å². The largest absolute Gasteiger partial charge is 0.300 e. The maximum atomic E-state index is 11.7. The van der Waals surface area contributed by atoms with E-state index in [2.05, 4.69) is 20.8 Å². The van der Waals surface area contributed by atoms with Gasteiger partial charge in [-0.1, -0.05) is 41.5 Å². The molecule has 0 aliphatic carbocycles. The number of carbonyl (C=O) groups is 2. The van der Waals surface area contributed by atoms with E-state index in [0.29, 0.717) is 30.8 Å². The van der Waals surface area contributed by atoms with Gasteiger partial charge in [-0.25, -0.2) is 0 Å². The summed E-state index contributed by atoms with van der Waals surface area (Å²) in [5.41, 5.74) is -0.159. The molecule has 2 nitrogen and oxygen atoms in total. The van der Waals surface area contributed by atoms with Gasteiger partial charge in [0.2, 0.25) is 0 Å². The van der Waals surface area contributed by atoms with E-state index in [1.165, 1.54) is 0 Å². The zero-order valence-corrected chi connectivity index (χ0v) is 12.4. The van der Waals surface area contributed by atoms with Crippen molar-refractivity contribution in [1.82, 2.24) is 0 Å². The molecule has 0 N–H and O–H groups in total. The molecule has 0 radical (unpaired) electrons. The molecule has 100 valence electrons. The van der Waals surface area contributed by atoms with Gasteiger partial charge >= 0.3 is 0 Å². The third-order valence-corrected chi connectivity index (χ3v) is 2.67. The molecule has 0 rings (SSSR count). The first kappa shape index (κ1) is 16.3. The molecule has 0 aliphatic rings. The van der Waals surface area contributed by atoms with Crippen LogP contribution in [0, 0.1) is 10.8 Å². The second-order valence-electron chi connectivity index (χ2n) is 7.16. The normalized spacial score (nSPS) is 12.6. The van der Waals surface area contributed by atoms with E-state index in [-0.39, 0.29) is 10.8 Å². The number of unbranched alkanes of at least 4 members (excludes halogenated alkanes) is 1. The van der Waals surface area contributed by atoms with Crippen LogP contribution in [0.15, 0.2) is 0 Å². The second-order valence-corrected chi connectivity index (χ2v) is 7.16.